The SMILES string of the molecule is C[C@@H]1CCc2c(sc(/N=C/c3nc4ccccc4[nH]3)c2C#N)C1. The molecule has 0 aliphatic heterocycles. The van der Waals surface area contributed by atoms with Gasteiger partial charge in [0.25, 0.3) is 0 Å². The summed E-state index contributed by atoms with van der Waals surface area (Å²) in [4.78, 5) is 13.6. The van der Waals surface area contributed by atoms with E-state index in [1.165, 1.54) is 10.4 Å². The van der Waals surface area contributed by atoms with Gasteiger partial charge in [0, 0.05) is 4.88 Å². The molecule has 1 aliphatic carbocycles. The summed E-state index contributed by atoms with van der Waals surface area (Å²) in [7, 11) is 0. The number of fused-ring (bicyclic) bond motifs is 2. The van der Waals surface area contributed by atoms with Crippen LogP contribution in [0.5, 0.6) is 0 Å². The molecule has 0 bridgehead atoms. The van der Waals surface area contributed by atoms with Gasteiger partial charge in [-0.25, -0.2) is 9.98 Å². The van der Waals surface area contributed by atoms with Crippen molar-refractivity contribution < 1.29 is 0 Å². The molecule has 1 aromatic carbocycles. The van der Waals surface area contributed by atoms with Crippen molar-refractivity contribution in [3.05, 3.63) is 46.1 Å². The number of hydrogen-bond acceptors (Lipinski definition) is 4. The number of benzene rings is 1. The van der Waals surface area contributed by atoms with E-state index in [1.54, 1.807) is 17.6 Å². The highest BCUT2D eigenvalue weighted by molar-refractivity contribution is 7.16. The molecule has 0 amide bonds. The molecule has 0 spiro atoms. The Bertz CT molecular complexity index is 909. The quantitative estimate of drug-likeness (QED) is 0.712. The first-order chi connectivity index (χ1) is 11.2. The Hall–Kier alpha value is -2.45. The Morgan fingerprint density at radius 1 is 1.43 bits per heavy atom. The molecular weight excluding hydrogens is 304 g/mol. The summed E-state index contributed by atoms with van der Waals surface area (Å²) in [5.41, 5.74) is 3.89. The molecule has 2 aromatic heterocycles. The summed E-state index contributed by atoms with van der Waals surface area (Å²) in [6.45, 7) is 2.27. The van der Waals surface area contributed by atoms with Crippen molar-refractivity contribution in [2.24, 2.45) is 10.9 Å². The first kappa shape index (κ1) is 14.2. The number of nitrogens with zero attached hydrogens (tertiary/aromatic N) is 3. The Morgan fingerprint density at radius 3 is 3.13 bits per heavy atom. The maximum atomic E-state index is 9.50. The number of aliphatic imine (C=N–C) groups is 1. The average molecular weight is 320 g/mol. The number of imidazole rings is 1. The molecule has 23 heavy (non-hydrogen) atoms. The summed E-state index contributed by atoms with van der Waals surface area (Å²) >= 11 is 1.65. The largest absolute Gasteiger partial charge is 0.337 e. The van der Waals surface area contributed by atoms with Crippen molar-refractivity contribution >= 4 is 33.6 Å². The standard InChI is InChI=1S/C18H16N4S/c1-11-6-7-12-13(9-19)18(23-16(12)8-11)20-10-17-21-14-4-2-3-5-15(14)22-17/h2-5,10-11H,6-8H2,1H3,(H,21,22)/b20-10+/t11-/m1/s1. The van der Waals surface area contributed by atoms with Gasteiger partial charge in [0.2, 0.25) is 0 Å². The van der Waals surface area contributed by atoms with Gasteiger partial charge in [0.15, 0.2) is 0 Å². The lowest BCUT2D eigenvalue weighted by Gasteiger charge is -2.17. The summed E-state index contributed by atoms with van der Waals surface area (Å²) < 4.78 is 0. The molecule has 4 nitrogen and oxygen atoms in total. The minimum absolute atomic E-state index is 0.694. The van der Waals surface area contributed by atoms with E-state index in [0.717, 1.165) is 46.7 Å². The van der Waals surface area contributed by atoms with Gasteiger partial charge in [-0.15, -0.1) is 11.3 Å². The fraction of sp³-hybridized carbons (Fsp3) is 0.278. The normalized spacial score (nSPS) is 17.5. The van der Waals surface area contributed by atoms with Gasteiger partial charge in [-0.05, 0) is 42.9 Å². The van der Waals surface area contributed by atoms with Crippen LogP contribution < -0.4 is 0 Å². The van der Waals surface area contributed by atoms with E-state index in [2.05, 4.69) is 28.0 Å². The van der Waals surface area contributed by atoms with Crippen LogP contribution in [0.2, 0.25) is 0 Å². The second kappa shape index (κ2) is 5.64. The molecular formula is C18H16N4S. The molecule has 0 unspecified atom stereocenters. The maximum Gasteiger partial charge on any atom is 0.149 e. The van der Waals surface area contributed by atoms with Crippen LogP contribution in [0, 0.1) is 17.2 Å². The van der Waals surface area contributed by atoms with E-state index < -0.39 is 0 Å². The monoisotopic (exact) mass is 320 g/mol. The minimum atomic E-state index is 0.694. The maximum absolute atomic E-state index is 9.50. The van der Waals surface area contributed by atoms with Crippen molar-refractivity contribution in [1.82, 2.24) is 9.97 Å². The van der Waals surface area contributed by atoms with Crippen LogP contribution in [0.1, 0.15) is 35.2 Å². The lowest BCUT2D eigenvalue weighted by molar-refractivity contribution is 0.507. The molecule has 0 radical (unpaired) electrons. The summed E-state index contributed by atoms with van der Waals surface area (Å²) in [5, 5.41) is 10.3. The second-order valence-electron chi connectivity index (χ2n) is 6.04. The Balaban J connectivity index is 1.69. The molecule has 5 heteroatoms. The number of aromatic amines is 1. The fourth-order valence-electron chi connectivity index (χ4n) is 3.10. The summed E-state index contributed by atoms with van der Waals surface area (Å²) in [6, 6.07) is 10.2. The van der Waals surface area contributed by atoms with Crippen LogP contribution in [0.15, 0.2) is 29.3 Å². The number of aromatic nitrogens is 2. The number of nitriles is 1. The van der Waals surface area contributed by atoms with Crippen LogP contribution >= 0.6 is 11.3 Å². The highest BCUT2D eigenvalue weighted by Gasteiger charge is 2.23. The van der Waals surface area contributed by atoms with Crippen molar-refractivity contribution in [2.75, 3.05) is 0 Å². The molecule has 3 aromatic rings. The fourth-order valence-corrected chi connectivity index (χ4v) is 4.40. The van der Waals surface area contributed by atoms with Crippen LogP contribution in [-0.2, 0) is 12.8 Å². The number of H-pyrrole nitrogens is 1. The van der Waals surface area contributed by atoms with E-state index in [-0.39, 0.29) is 0 Å². The molecule has 2 heterocycles. The van der Waals surface area contributed by atoms with Crippen molar-refractivity contribution in [3.63, 3.8) is 0 Å². The predicted octanol–water partition coefficient (Wildman–Crippen LogP) is 4.37. The second-order valence-corrected chi connectivity index (χ2v) is 7.12. The van der Waals surface area contributed by atoms with Gasteiger partial charge < -0.3 is 4.98 Å². The Labute approximate surface area is 138 Å². The summed E-state index contributed by atoms with van der Waals surface area (Å²) in [6.07, 6.45) is 4.94. The van der Waals surface area contributed by atoms with Gasteiger partial charge in [-0.3, -0.25) is 0 Å². The number of nitrogens with one attached hydrogen (secondary N) is 1. The van der Waals surface area contributed by atoms with Crippen molar-refractivity contribution in [1.29, 1.82) is 5.26 Å². The lowest BCUT2D eigenvalue weighted by Crippen LogP contribution is -2.09. The van der Waals surface area contributed by atoms with Gasteiger partial charge >= 0.3 is 0 Å². The third-order valence-electron chi connectivity index (χ3n) is 4.32. The molecule has 1 aliphatic rings. The zero-order valence-electron chi connectivity index (χ0n) is 12.8. The Morgan fingerprint density at radius 2 is 2.30 bits per heavy atom. The van der Waals surface area contributed by atoms with E-state index >= 15 is 0 Å². The smallest absolute Gasteiger partial charge is 0.149 e. The van der Waals surface area contributed by atoms with Crippen LogP contribution in [0.3, 0.4) is 0 Å². The molecule has 1 atom stereocenters. The zero-order chi connectivity index (χ0) is 15.8. The van der Waals surface area contributed by atoms with Gasteiger partial charge in [0.1, 0.15) is 16.9 Å². The molecule has 114 valence electrons. The number of thiophene rings is 1. The minimum Gasteiger partial charge on any atom is -0.337 e. The van der Waals surface area contributed by atoms with Gasteiger partial charge in [0.05, 0.1) is 22.8 Å². The predicted molar refractivity (Wildman–Crippen MR) is 93.6 cm³/mol. The Kier molecular flexibility index (Phi) is 3.47. The molecule has 0 saturated heterocycles. The average Bonchev–Trinajstić information content (AvgIpc) is 3.12. The van der Waals surface area contributed by atoms with E-state index in [0.29, 0.717) is 5.92 Å². The third kappa shape index (κ3) is 2.55. The van der Waals surface area contributed by atoms with E-state index in [9.17, 15) is 5.26 Å². The molecule has 0 saturated carbocycles. The van der Waals surface area contributed by atoms with Crippen molar-refractivity contribution in [2.45, 2.75) is 26.2 Å². The van der Waals surface area contributed by atoms with Gasteiger partial charge in [-0.2, -0.15) is 5.26 Å². The number of rotatable bonds is 2. The first-order valence-corrected chi connectivity index (χ1v) is 8.59. The third-order valence-corrected chi connectivity index (χ3v) is 5.48. The number of hydrogen-bond donors (Lipinski definition) is 1. The lowest BCUT2D eigenvalue weighted by atomic mass is 9.89. The molecule has 4 rings (SSSR count). The van der Waals surface area contributed by atoms with Crippen LogP contribution in [0.25, 0.3) is 11.0 Å². The summed E-state index contributed by atoms with van der Waals surface area (Å²) in [5.74, 6) is 1.41. The van der Waals surface area contributed by atoms with E-state index in [4.69, 9.17) is 0 Å². The zero-order valence-corrected chi connectivity index (χ0v) is 13.7. The van der Waals surface area contributed by atoms with E-state index in [1.807, 2.05) is 24.3 Å². The molecule has 0 fully saturated rings. The molecule has 1 N–H and O–H groups in total. The van der Waals surface area contributed by atoms with Crippen LogP contribution in [-0.4, -0.2) is 16.2 Å². The highest BCUT2D eigenvalue weighted by Crippen LogP contribution is 2.40. The van der Waals surface area contributed by atoms with Gasteiger partial charge in [-0.1, -0.05) is 19.1 Å². The highest BCUT2D eigenvalue weighted by atomic mass is 32.1. The first-order valence-electron chi connectivity index (χ1n) is 7.78. The van der Waals surface area contributed by atoms with Crippen molar-refractivity contribution in [3.8, 4) is 6.07 Å². The topological polar surface area (TPSA) is 64.8 Å². The number of para-hydroxylation sites is 2. The van der Waals surface area contributed by atoms with Crippen LogP contribution in [0.4, 0.5) is 5.00 Å².